The van der Waals surface area contributed by atoms with Crippen LogP contribution in [-0.4, -0.2) is 61.3 Å². The van der Waals surface area contributed by atoms with E-state index in [1.807, 2.05) is 24.3 Å². The second kappa shape index (κ2) is 9.78. The van der Waals surface area contributed by atoms with Crippen LogP contribution in [0.15, 0.2) is 29.3 Å². The van der Waals surface area contributed by atoms with Gasteiger partial charge >= 0.3 is 0 Å². The normalized spacial score (nSPS) is 22.5. The molecule has 1 aliphatic heterocycles. The first kappa shape index (κ1) is 20.5. The third-order valence-corrected chi connectivity index (χ3v) is 4.96. The van der Waals surface area contributed by atoms with Crippen LogP contribution in [-0.2, 0) is 0 Å². The maximum Gasteiger partial charge on any atom is 0.191 e. The molecule has 3 atom stereocenters. The molecule has 1 aromatic rings. The minimum atomic E-state index is -0.635. The molecule has 1 heterocycles. The molecule has 1 aromatic carbocycles. The molecule has 26 heavy (non-hydrogen) atoms. The Bertz CT molecular complexity index is 574. The molecule has 3 N–H and O–H groups in total. The number of aliphatic hydroxyl groups excluding tert-OH is 1. The van der Waals surface area contributed by atoms with E-state index in [0.717, 1.165) is 36.9 Å². The lowest BCUT2D eigenvalue weighted by molar-refractivity contribution is 0.187. The summed E-state index contributed by atoms with van der Waals surface area (Å²) in [6.07, 6.45) is -0.635. The monoisotopic (exact) mass is 362 g/mol. The second-order valence-corrected chi connectivity index (χ2v) is 7.28. The number of rotatable bonds is 7. The SMILES string of the molecule is CCNC(=NCC(O)c1ccc(OC)cc1)NC1CN(C(C)C)CC1C. The van der Waals surface area contributed by atoms with Crippen LogP contribution in [0.5, 0.6) is 5.75 Å². The van der Waals surface area contributed by atoms with E-state index in [0.29, 0.717) is 24.5 Å². The summed E-state index contributed by atoms with van der Waals surface area (Å²) in [5.74, 6) is 2.11. The van der Waals surface area contributed by atoms with Crippen LogP contribution in [0, 0.1) is 5.92 Å². The number of nitrogens with one attached hydrogen (secondary N) is 2. The van der Waals surface area contributed by atoms with E-state index in [4.69, 9.17) is 4.74 Å². The Hall–Kier alpha value is -1.79. The Kier molecular flexibility index (Phi) is 7.72. The Morgan fingerprint density at radius 1 is 1.31 bits per heavy atom. The van der Waals surface area contributed by atoms with E-state index in [1.165, 1.54) is 0 Å². The van der Waals surface area contributed by atoms with Gasteiger partial charge in [-0.2, -0.15) is 0 Å². The van der Waals surface area contributed by atoms with Gasteiger partial charge in [0.2, 0.25) is 0 Å². The van der Waals surface area contributed by atoms with Crippen molar-refractivity contribution in [3.05, 3.63) is 29.8 Å². The van der Waals surface area contributed by atoms with Gasteiger partial charge in [0.25, 0.3) is 0 Å². The summed E-state index contributed by atoms with van der Waals surface area (Å²) in [6.45, 7) is 12.0. The van der Waals surface area contributed by atoms with Crippen molar-refractivity contribution in [1.82, 2.24) is 15.5 Å². The predicted octanol–water partition coefficient (Wildman–Crippen LogP) is 2.01. The Morgan fingerprint density at radius 3 is 2.54 bits per heavy atom. The molecule has 3 unspecified atom stereocenters. The standard InChI is InChI=1S/C20H34N4O2/c1-6-21-20(23-18-13-24(14(2)3)12-15(18)4)22-11-19(25)16-7-9-17(26-5)10-8-16/h7-10,14-15,18-19,25H,6,11-13H2,1-5H3,(H2,21,22,23). The fraction of sp³-hybridized carbons (Fsp3) is 0.650. The van der Waals surface area contributed by atoms with Crippen molar-refractivity contribution >= 4 is 5.96 Å². The Morgan fingerprint density at radius 2 is 2.00 bits per heavy atom. The molecule has 0 aromatic heterocycles. The minimum Gasteiger partial charge on any atom is -0.497 e. The van der Waals surface area contributed by atoms with Gasteiger partial charge in [-0.3, -0.25) is 9.89 Å². The van der Waals surface area contributed by atoms with Gasteiger partial charge in [0.05, 0.1) is 19.8 Å². The minimum absolute atomic E-state index is 0.316. The number of ether oxygens (including phenoxy) is 1. The average molecular weight is 363 g/mol. The van der Waals surface area contributed by atoms with Crippen LogP contribution in [0.1, 0.15) is 39.4 Å². The quantitative estimate of drug-likeness (QED) is 0.511. The van der Waals surface area contributed by atoms with Crippen molar-refractivity contribution < 1.29 is 9.84 Å². The van der Waals surface area contributed by atoms with E-state index in [-0.39, 0.29) is 0 Å². The summed E-state index contributed by atoms with van der Waals surface area (Å²) in [7, 11) is 1.63. The van der Waals surface area contributed by atoms with E-state index in [1.54, 1.807) is 7.11 Å². The predicted molar refractivity (Wildman–Crippen MR) is 107 cm³/mol. The number of hydrogen-bond donors (Lipinski definition) is 3. The Labute approximate surface area is 157 Å². The largest absolute Gasteiger partial charge is 0.497 e. The van der Waals surface area contributed by atoms with Gasteiger partial charge in [0.1, 0.15) is 5.75 Å². The fourth-order valence-corrected chi connectivity index (χ4v) is 3.22. The first-order valence-electron chi connectivity index (χ1n) is 9.55. The summed E-state index contributed by atoms with van der Waals surface area (Å²) in [4.78, 5) is 7.08. The molecular weight excluding hydrogens is 328 g/mol. The number of likely N-dealkylation sites (tertiary alicyclic amines) is 1. The van der Waals surface area contributed by atoms with Gasteiger partial charge in [-0.15, -0.1) is 0 Å². The molecule has 0 saturated carbocycles. The molecule has 6 heteroatoms. The number of nitrogens with zero attached hydrogens (tertiary/aromatic N) is 2. The summed E-state index contributed by atoms with van der Waals surface area (Å²) >= 11 is 0. The number of guanidine groups is 1. The topological polar surface area (TPSA) is 69.1 Å². The third kappa shape index (κ3) is 5.61. The van der Waals surface area contributed by atoms with E-state index < -0.39 is 6.10 Å². The smallest absolute Gasteiger partial charge is 0.191 e. The number of benzene rings is 1. The molecule has 6 nitrogen and oxygen atoms in total. The molecule has 2 rings (SSSR count). The van der Waals surface area contributed by atoms with Crippen LogP contribution in [0.25, 0.3) is 0 Å². The van der Waals surface area contributed by atoms with Gasteiger partial charge in [-0.1, -0.05) is 19.1 Å². The first-order chi connectivity index (χ1) is 12.4. The summed E-state index contributed by atoms with van der Waals surface area (Å²) in [5.41, 5.74) is 0.839. The summed E-state index contributed by atoms with van der Waals surface area (Å²) in [6, 6.07) is 8.38. The molecule has 1 fully saturated rings. The van der Waals surface area contributed by atoms with Crippen molar-refractivity contribution in [3.8, 4) is 5.75 Å². The molecule has 0 spiro atoms. The molecule has 0 radical (unpaired) electrons. The van der Waals surface area contributed by atoms with Crippen molar-refractivity contribution in [3.63, 3.8) is 0 Å². The molecule has 0 aliphatic carbocycles. The summed E-state index contributed by atoms with van der Waals surface area (Å²) in [5, 5.41) is 17.2. The molecule has 1 saturated heterocycles. The van der Waals surface area contributed by atoms with Crippen LogP contribution in [0.2, 0.25) is 0 Å². The second-order valence-electron chi connectivity index (χ2n) is 7.28. The number of aliphatic imine (C=N–C) groups is 1. The lowest BCUT2D eigenvalue weighted by atomic mass is 10.1. The van der Waals surface area contributed by atoms with Crippen LogP contribution in [0.4, 0.5) is 0 Å². The maximum atomic E-state index is 10.4. The maximum absolute atomic E-state index is 10.4. The number of hydrogen-bond acceptors (Lipinski definition) is 4. The van der Waals surface area contributed by atoms with Gasteiger partial charge in [0.15, 0.2) is 5.96 Å². The van der Waals surface area contributed by atoms with Gasteiger partial charge in [0, 0.05) is 31.7 Å². The molecule has 0 amide bonds. The highest BCUT2D eigenvalue weighted by Crippen LogP contribution is 2.19. The van der Waals surface area contributed by atoms with Crippen molar-refractivity contribution in [2.75, 3.05) is 33.3 Å². The van der Waals surface area contributed by atoms with E-state index >= 15 is 0 Å². The van der Waals surface area contributed by atoms with Gasteiger partial charge in [-0.05, 0) is 44.4 Å². The average Bonchev–Trinajstić information content (AvgIpc) is 3.00. The third-order valence-electron chi connectivity index (χ3n) is 4.96. The zero-order valence-electron chi connectivity index (χ0n) is 16.7. The molecule has 0 bridgehead atoms. The molecule has 146 valence electrons. The van der Waals surface area contributed by atoms with Crippen molar-refractivity contribution in [2.45, 2.75) is 45.9 Å². The van der Waals surface area contributed by atoms with Crippen molar-refractivity contribution in [1.29, 1.82) is 0 Å². The highest BCUT2D eigenvalue weighted by molar-refractivity contribution is 5.80. The number of aliphatic hydroxyl groups is 1. The Balaban J connectivity index is 1.97. The van der Waals surface area contributed by atoms with E-state index in [2.05, 4.69) is 48.2 Å². The van der Waals surface area contributed by atoms with E-state index in [9.17, 15) is 5.11 Å². The number of methoxy groups -OCH3 is 1. The van der Waals surface area contributed by atoms with Crippen LogP contribution >= 0.6 is 0 Å². The van der Waals surface area contributed by atoms with Crippen LogP contribution < -0.4 is 15.4 Å². The zero-order chi connectivity index (χ0) is 19.1. The lowest BCUT2D eigenvalue weighted by Gasteiger charge is -2.22. The van der Waals surface area contributed by atoms with Gasteiger partial charge < -0.3 is 20.5 Å². The van der Waals surface area contributed by atoms with Gasteiger partial charge in [-0.25, -0.2) is 0 Å². The first-order valence-corrected chi connectivity index (χ1v) is 9.55. The van der Waals surface area contributed by atoms with Crippen LogP contribution in [0.3, 0.4) is 0 Å². The van der Waals surface area contributed by atoms with Crippen molar-refractivity contribution in [2.24, 2.45) is 10.9 Å². The highest BCUT2D eigenvalue weighted by Gasteiger charge is 2.31. The summed E-state index contributed by atoms with van der Waals surface area (Å²) < 4.78 is 5.16. The molecule has 1 aliphatic rings. The fourth-order valence-electron chi connectivity index (χ4n) is 3.22. The zero-order valence-corrected chi connectivity index (χ0v) is 16.7. The lowest BCUT2D eigenvalue weighted by Crippen LogP contribution is -2.47. The highest BCUT2D eigenvalue weighted by atomic mass is 16.5. The molecular formula is C20H34N4O2.